The van der Waals surface area contributed by atoms with Crippen molar-refractivity contribution in [3.63, 3.8) is 0 Å². The molecular weight excluding hydrogens is 218 g/mol. The first-order valence-electron chi connectivity index (χ1n) is 8.63. The second kappa shape index (κ2) is 8.19. The van der Waals surface area contributed by atoms with Crippen molar-refractivity contribution in [3.05, 3.63) is 0 Å². The van der Waals surface area contributed by atoms with E-state index in [4.69, 9.17) is 0 Å². The summed E-state index contributed by atoms with van der Waals surface area (Å²) in [5, 5.41) is 3.83. The van der Waals surface area contributed by atoms with Crippen molar-refractivity contribution in [3.8, 4) is 0 Å². The molecule has 0 aromatic rings. The average Bonchev–Trinajstić information content (AvgIpc) is 2.81. The van der Waals surface area contributed by atoms with E-state index >= 15 is 0 Å². The maximum Gasteiger partial charge on any atom is 0.00978 e. The van der Waals surface area contributed by atoms with Crippen LogP contribution in [0.15, 0.2) is 0 Å². The largest absolute Gasteiger partial charge is 0.314 e. The highest BCUT2D eigenvalue weighted by Crippen LogP contribution is 2.33. The van der Waals surface area contributed by atoms with E-state index in [1.54, 1.807) is 0 Å². The summed E-state index contributed by atoms with van der Waals surface area (Å²) in [7, 11) is 0. The van der Waals surface area contributed by atoms with Gasteiger partial charge in [-0.15, -0.1) is 0 Å². The minimum atomic E-state index is 0.830. The molecule has 2 fully saturated rings. The van der Waals surface area contributed by atoms with Crippen LogP contribution in [0.1, 0.15) is 84.0 Å². The molecule has 0 saturated heterocycles. The Labute approximate surface area is 114 Å². The Balaban J connectivity index is 1.84. The van der Waals surface area contributed by atoms with Crippen LogP contribution in [-0.2, 0) is 0 Å². The molecule has 0 spiro atoms. The van der Waals surface area contributed by atoms with Gasteiger partial charge in [0, 0.05) is 6.04 Å². The molecule has 1 atom stereocenters. The fraction of sp³-hybridized carbons (Fsp3) is 1.00. The lowest BCUT2D eigenvalue weighted by Crippen LogP contribution is -2.38. The molecule has 2 aliphatic rings. The smallest absolute Gasteiger partial charge is 0.00978 e. The van der Waals surface area contributed by atoms with E-state index in [0.29, 0.717) is 0 Å². The van der Waals surface area contributed by atoms with Crippen LogP contribution in [0.25, 0.3) is 0 Å². The van der Waals surface area contributed by atoms with Crippen molar-refractivity contribution < 1.29 is 0 Å². The summed E-state index contributed by atoms with van der Waals surface area (Å²) in [5.74, 6) is 2.02. The zero-order chi connectivity index (χ0) is 12.6. The van der Waals surface area contributed by atoms with Gasteiger partial charge in [0.25, 0.3) is 0 Å². The molecule has 1 heteroatoms. The molecule has 18 heavy (non-hydrogen) atoms. The van der Waals surface area contributed by atoms with Crippen molar-refractivity contribution in [2.45, 2.75) is 90.0 Å². The van der Waals surface area contributed by atoms with E-state index in [1.807, 2.05) is 0 Å². The molecule has 0 amide bonds. The molecule has 1 nitrogen and oxygen atoms in total. The molecule has 0 heterocycles. The number of hydrogen-bond donors (Lipinski definition) is 1. The Morgan fingerprint density at radius 1 is 0.833 bits per heavy atom. The zero-order valence-electron chi connectivity index (χ0n) is 12.4. The summed E-state index contributed by atoms with van der Waals surface area (Å²) in [5.41, 5.74) is 0. The highest BCUT2D eigenvalue weighted by atomic mass is 14.9. The molecule has 0 aromatic heterocycles. The monoisotopic (exact) mass is 251 g/mol. The molecule has 2 saturated carbocycles. The molecule has 1 N–H and O–H groups in total. The predicted molar refractivity (Wildman–Crippen MR) is 79.8 cm³/mol. The molecule has 2 aliphatic carbocycles. The maximum absolute atomic E-state index is 3.83. The van der Waals surface area contributed by atoms with Crippen LogP contribution in [0.3, 0.4) is 0 Å². The van der Waals surface area contributed by atoms with E-state index < -0.39 is 0 Å². The van der Waals surface area contributed by atoms with E-state index in [0.717, 1.165) is 24.4 Å². The van der Waals surface area contributed by atoms with Gasteiger partial charge in [0.2, 0.25) is 0 Å². The number of rotatable bonds is 5. The molecular formula is C17H33N. The normalized spacial score (nSPS) is 25.8. The Kier molecular flexibility index (Phi) is 6.54. The Morgan fingerprint density at radius 3 is 2.00 bits per heavy atom. The van der Waals surface area contributed by atoms with Gasteiger partial charge < -0.3 is 5.32 Å². The lowest BCUT2D eigenvalue weighted by atomic mass is 9.81. The first kappa shape index (κ1) is 14.4. The average molecular weight is 251 g/mol. The summed E-state index contributed by atoms with van der Waals surface area (Å²) >= 11 is 0. The van der Waals surface area contributed by atoms with Crippen molar-refractivity contribution in [2.75, 3.05) is 6.54 Å². The second-order valence-corrected chi connectivity index (χ2v) is 6.66. The van der Waals surface area contributed by atoms with Crippen molar-refractivity contribution in [1.29, 1.82) is 0 Å². The molecule has 106 valence electrons. The van der Waals surface area contributed by atoms with Gasteiger partial charge in [0.05, 0.1) is 0 Å². The molecule has 0 aliphatic heterocycles. The van der Waals surface area contributed by atoms with E-state index in [2.05, 4.69) is 12.2 Å². The lowest BCUT2D eigenvalue weighted by Gasteiger charge is -2.31. The summed E-state index contributed by atoms with van der Waals surface area (Å²) in [4.78, 5) is 0. The molecule has 0 bridgehead atoms. The SMILES string of the molecule is CCNC(CC1CCCC1)C1CCCCCCC1. The van der Waals surface area contributed by atoms with Crippen LogP contribution < -0.4 is 5.32 Å². The molecule has 0 radical (unpaired) electrons. The summed E-state index contributed by atoms with van der Waals surface area (Å²) in [6.07, 6.45) is 17.9. The predicted octanol–water partition coefficient (Wildman–Crippen LogP) is 4.91. The third-order valence-corrected chi connectivity index (χ3v) is 5.25. The van der Waals surface area contributed by atoms with Gasteiger partial charge >= 0.3 is 0 Å². The van der Waals surface area contributed by atoms with E-state index in [9.17, 15) is 0 Å². The first-order chi connectivity index (χ1) is 8.90. The highest BCUT2D eigenvalue weighted by molar-refractivity contribution is 4.82. The van der Waals surface area contributed by atoms with E-state index in [-0.39, 0.29) is 0 Å². The maximum atomic E-state index is 3.83. The minimum absolute atomic E-state index is 0.830. The van der Waals surface area contributed by atoms with Crippen molar-refractivity contribution in [1.82, 2.24) is 5.32 Å². The van der Waals surface area contributed by atoms with Crippen molar-refractivity contribution in [2.24, 2.45) is 11.8 Å². The zero-order valence-corrected chi connectivity index (χ0v) is 12.4. The van der Waals surface area contributed by atoms with Gasteiger partial charge in [-0.05, 0) is 37.6 Å². The van der Waals surface area contributed by atoms with Gasteiger partial charge in [0.15, 0.2) is 0 Å². The van der Waals surface area contributed by atoms with E-state index in [1.165, 1.54) is 77.0 Å². The highest BCUT2D eigenvalue weighted by Gasteiger charge is 2.26. The quantitative estimate of drug-likeness (QED) is 0.732. The summed E-state index contributed by atoms with van der Waals surface area (Å²) in [6.45, 7) is 3.44. The standard InChI is InChI=1S/C17H33N/c1-2-18-17(14-15-10-8-9-11-15)16-12-6-4-3-5-7-13-16/h15-18H,2-14H2,1H3. The van der Waals surface area contributed by atoms with Crippen LogP contribution in [0.4, 0.5) is 0 Å². The Hall–Kier alpha value is -0.0400. The van der Waals surface area contributed by atoms with Crippen molar-refractivity contribution >= 4 is 0 Å². The third-order valence-electron chi connectivity index (χ3n) is 5.25. The fourth-order valence-electron chi connectivity index (χ4n) is 4.20. The summed E-state index contributed by atoms with van der Waals surface area (Å²) < 4.78 is 0. The van der Waals surface area contributed by atoms with Gasteiger partial charge in [0.1, 0.15) is 0 Å². The number of nitrogens with one attached hydrogen (secondary N) is 1. The van der Waals surface area contributed by atoms with Gasteiger partial charge in [-0.25, -0.2) is 0 Å². The van der Waals surface area contributed by atoms with Crippen LogP contribution in [0.2, 0.25) is 0 Å². The minimum Gasteiger partial charge on any atom is -0.314 e. The van der Waals surface area contributed by atoms with Gasteiger partial charge in [-0.3, -0.25) is 0 Å². The fourth-order valence-corrected chi connectivity index (χ4v) is 4.20. The van der Waals surface area contributed by atoms with Gasteiger partial charge in [-0.2, -0.15) is 0 Å². The summed E-state index contributed by atoms with van der Waals surface area (Å²) in [6, 6.07) is 0.830. The Morgan fingerprint density at radius 2 is 1.39 bits per heavy atom. The molecule has 2 rings (SSSR count). The van der Waals surface area contributed by atoms with Crippen LogP contribution in [0.5, 0.6) is 0 Å². The third kappa shape index (κ3) is 4.57. The first-order valence-corrected chi connectivity index (χ1v) is 8.63. The second-order valence-electron chi connectivity index (χ2n) is 6.66. The Bertz CT molecular complexity index is 200. The van der Waals surface area contributed by atoms with Crippen LogP contribution in [-0.4, -0.2) is 12.6 Å². The topological polar surface area (TPSA) is 12.0 Å². The van der Waals surface area contributed by atoms with Gasteiger partial charge in [-0.1, -0.05) is 64.7 Å². The molecule has 1 unspecified atom stereocenters. The van der Waals surface area contributed by atoms with Crippen LogP contribution >= 0.6 is 0 Å². The lowest BCUT2D eigenvalue weighted by molar-refractivity contribution is 0.249. The van der Waals surface area contributed by atoms with Crippen LogP contribution in [0, 0.1) is 11.8 Å². The number of hydrogen-bond acceptors (Lipinski definition) is 1. The molecule has 0 aromatic carbocycles.